The summed E-state index contributed by atoms with van der Waals surface area (Å²) in [5.74, 6) is 1.44. The quantitative estimate of drug-likeness (QED) is 0.147. The number of thioether (sulfide) groups is 2. The SMILES string of the molecule is OCC(COc1nc2ccccc2s1)(CSc1cccc2c1sc1ccccc12)CSc1cccc2c1sc1ccccc12. The molecule has 218 valence electrons. The summed E-state index contributed by atoms with van der Waals surface area (Å²) in [6.45, 7) is 0.400. The molecule has 0 bridgehead atoms. The molecule has 0 aliphatic carbocycles. The number of aliphatic hydroxyl groups is 1. The van der Waals surface area contributed by atoms with Crippen molar-refractivity contribution in [1.82, 2.24) is 4.98 Å². The van der Waals surface area contributed by atoms with Gasteiger partial charge in [-0.3, -0.25) is 0 Å². The molecule has 8 rings (SSSR count). The maximum Gasteiger partial charge on any atom is 0.274 e. The summed E-state index contributed by atoms with van der Waals surface area (Å²) in [6, 6.07) is 38.5. The van der Waals surface area contributed by atoms with Gasteiger partial charge in [0.2, 0.25) is 0 Å². The average Bonchev–Trinajstić information content (AvgIpc) is 3.78. The second kappa shape index (κ2) is 12.0. The molecule has 0 radical (unpaired) electrons. The molecule has 0 saturated carbocycles. The number of fused-ring (bicyclic) bond motifs is 7. The first-order chi connectivity index (χ1) is 21.7. The van der Waals surface area contributed by atoms with E-state index in [0.29, 0.717) is 11.8 Å². The first-order valence-corrected chi connectivity index (χ1v) is 18.8. The Morgan fingerprint density at radius 3 is 1.68 bits per heavy atom. The van der Waals surface area contributed by atoms with Crippen LogP contribution in [0.3, 0.4) is 0 Å². The highest BCUT2D eigenvalue weighted by Gasteiger charge is 2.33. The van der Waals surface area contributed by atoms with Crippen molar-refractivity contribution < 1.29 is 9.84 Å². The van der Waals surface area contributed by atoms with Crippen molar-refractivity contribution in [3.63, 3.8) is 0 Å². The standard InChI is InChI=1S/C36H27NO2S5/c38-19-36(20-39-35-37-27-13-3-6-16-30(27)44-35,21-40-31-17-7-11-25-23-9-1-4-14-28(23)42-33(25)31)22-41-32-18-8-12-26-24-10-2-5-15-29(24)43-34(26)32/h1-18,38H,19-22H2. The van der Waals surface area contributed by atoms with E-state index in [-0.39, 0.29) is 6.61 Å². The number of aromatic nitrogens is 1. The number of thiazole rings is 1. The molecular weight excluding hydrogens is 639 g/mol. The molecule has 44 heavy (non-hydrogen) atoms. The van der Waals surface area contributed by atoms with Crippen LogP contribution in [0.25, 0.3) is 50.6 Å². The zero-order chi connectivity index (χ0) is 29.5. The lowest BCUT2D eigenvalue weighted by Gasteiger charge is -2.31. The highest BCUT2D eigenvalue weighted by Crippen LogP contribution is 2.44. The third-order valence-electron chi connectivity index (χ3n) is 7.92. The zero-order valence-corrected chi connectivity index (χ0v) is 27.6. The van der Waals surface area contributed by atoms with Crippen LogP contribution in [0.2, 0.25) is 0 Å². The van der Waals surface area contributed by atoms with Crippen LogP contribution in [0.1, 0.15) is 0 Å². The summed E-state index contributed by atoms with van der Waals surface area (Å²) in [7, 11) is 0. The lowest BCUT2D eigenvalue weighted by Crippen LogP contribution is -2.38. The van der Waals surface area contributed by atoms with Crippen LogP contribution in [-0.4, -0.2) is 34.8 Å². The topological polar surface area (TPSA) is 42.4 Å². The van der Waals surface area contributed by atoms with Gasteiger partial charge in [-0.05, 0) is 36.4 Å². The minimum atomic E-state index is -0.495. The Morgan fingerprint density at radius 1 is 0.591 bits per heavy atom. The van der Waals surface area contributed by atoms with Gasteiger partial charge in [0.15, 0.2) is 0 Å². The Balaban J connectivity index is 1.12. The van der Waals surface area contributed by atoms with E-state index >= 15 is 0 Å². The maximum absolute atomic E-state index is 11.1. The minimum absolute atomic E-state index is 0.0165. The predicted molar refractivity (Wildman–Crippen MR) is 195 cm³/mol. The number of aliphatic hydroxyl groups excluding tert-OH is 1. The monoisotopic (exact) mass is 665 g/mol. The number of thiophene rings is 2. The molecule has 0 spiro atoms. The van der Waals surface area contributed by atoms with E-state index in [9.17, 15) is 5.11 Å². The van der Waals surface area contributed by atoms with Gasteiger partial charge in [0.05, 0.1) is 16.8 Å². The molecule has 0 aliphatic rings. The van der Waals surface area contributed by atoms with Crippen molar-refractivity contribution in [1.29, 1.82) is 0 Å². The summed E-state index contributed by atoms with van der Waals surface area (Å²) in [4.78, 5) is 7.22. The van der Waals surface area contributed by atoms with Gasteiger partial charge in [0, 0.05) is 67.1 Å². The summed E-state index contributed by atoms with van der Waals surface area (Å²) >= 11 is 8.90. The molecule has 8 heteroatoms. The van der Waals surface area contributed by atoms with Crippen molar-refractivity contribution in [3.8, 4) is 5.19 Å². The van der Waals surface area contributed by atoms with E-state index in [2.05, 4.69) is 91.0 Å². The van der Waals surface area contributed by atoms with Gasteiger partial charge in [-0.25, -0.2) is 4.98 Å². The van der Waals surface area contributed by atoms with Crippen molar-refractivity contribution >= 4 is 108 Å². The summed E-state index contributed by atoms with van der Waals surface area (Å²) in [5.41, 5.74) is 0.448. The molecule has 0 aliphatic heterocycles. The van der Waals surface area contributed by atoms with Crippen LogP contribution in [0, 0.1) is 5.41 Å². The molecule has 3 heterocycles. The van der Waals surface area contributed by atoms with Crippen molar-refractivity contribution in [2.75, 3.05) is 24.7 Å². The van der Waals surface area contributed by atoms with E-state index in [1.807, 2.05) is 64.4 Å². The fraction of sp³-hybridized carbons (Fsp3) is 0.139. The van der Waals surface area contributed by atoms with Gasteiger partial charge in [-0.1, -0.05) is 84.1 Å². The normalized spacial score (nSPS) is 12.3. The molecule has 0 saturated heterocycles. The third-order valence-corrected chi connectivity index (χ3v) is 14.4. The number of hydrogen-bond acceptors (Lipinski definition) is 8. The fourth-order valence-electron chi connectivity index (χ4n) is 5.52. The number of rotatable bonds is 10. The summed E-state index contributed by atoms with van der Waals surface area (Å²) < 4.78 is 12.7. The van der Waals surface area contributed by atoms with Gasteiger partial charge in [0.25, 0.3) is 5.19 Å². The zero-order valence-electron chi connectivity index (χ0n) is 23.6. The van der Waals surface area contributed by atoms with E-state index in [0.717, 1.165) is 21.7 Å². The number of ether oxygens (including phenoxy) is 1. The van der Waals surface area contributed by atoms with Crippen LogP contribution in [0.5, 0.6) is 5.19 Å². The maximum atomic E-state index is 11.1. The van der Waals surface area contributed by atoms with Gasteiger partial charge in [0.1, 0.15) is 6.61 Å². The average molecular weight is 666 g/mol. The number of nitrogens with zero attached hydrogens (tertiary/aromatic N) is 1. The lowest BCUT2D eigenvalue weighted by molar-refractivity contribution is 0.105. The van der Waals surface area contributed by atoms with Gasteiger partial charge in [-0.15, -0.1) is 46.2 Å². The first kappa shape index (κ1) is 28.4. The molecule has 0 atom stereocenters. The second-order valence-electron chi connectivity index (χ2n) is 10.9. The highest BCUT2D eigenvalue weighted by atomic mass is 32.2. The Morgan fingerprint density at radius 2 is 1.11 bits per heavy atom. The first-order valence-electron chi connectivity index (χ1n) is 14.4. The van der Waals surface area contributed by atoms with Crippen molar-refractivity contribution in [2.24, 2.45) is 5.41 Å². The lowest BCUT2D eigenvalue weighted by atomic mass is 9.96. The number of benzene rings is 5. The minimum Gasteiger partial charge on any atom is -0.469 e. The molecule has 0 fully saturated rings. The molecule has 0 amide bonds. The Kier molecular flexibility index (Phi) is 7.74. The van der Waals surface area contributed by atoms with Crippen molar-refractivity contribution in [2.45, 2.75) is 9.79 Å². The number of para-hydroxylation sites is 1. The van der Waals surface area contributed by atoms with E-state index < -0.39 is 5.41 Å². The number of hydrogen-bond donors (Lipinski definition) is 1. The van der Waals surface area contributed by atoms with Crippen LogP contribution in [0.15, 0.2) is 119 Å². The smallest absolute Gasteiger partial charge is 0.274 e. The summed E-state index contributed by atoms with van der Waals surface area (Å²) in [5, 5.41) is 16.9. The van der Waals surface area contributed by atoms with Crippen LogP contribution in [-0.2, 0) is 0 Å². The second-order valence-corrected chi connectivity index (χ2v) is 16.1. The molecule has 5 aromatic carbocycles. The van der Waals surface area contributed by atoms with Crippen molar-refractivity contribution in [3.05, 3.63) is 109 Å². The Bertz CT molecular complexity index is 2120. The highest BCUT2D eigenvalue weighted by molar-refractivity contribution is 8.00. The van der Waals surface area contributed by atoms with Gasteiger partial charge < -0.3 is 9.84 Å². The van der Waals surface area contributed by atoms with Gasteiger partial charge >= 0.3 is 0 Å². The van der Waals surface area contributed by atoms with E-state index in [4.69, 9.17) is 9.72 Å². The Labute approximate surface area is 275 Å². The van der Waals surface area contributed by atoms with Gasteiger partial charge in [-0.2, -0.15) is 0 Å². The largest absolute Gasteiger partial charge is 0.469 e. The molecule has 8 aromatic rings. The Hall–Kier alpha value is -3.11. The molecule has 1 N–H and O–H groups in total. The van der Waals surface area contributed by atoms with Crippen LogP contribution in [0.4, 0.5) is 0 Å². The van der Waals surface area contributed by atoms with Crippen LogP contribution < -0.4 is 4.74 Å². The van der Waals surface area contributed by atoms with E-state index in [1.165, 1.54) is 50.1 Å². The molecule has 0 unspecified atom stereocenters. The molecule has 3 nitrogen and oxygen atoms in total. The van der Waals surface area contributed by atoms with Crippen LogP contribution >= 0.6 is 57.5 Å². The fourth-order valence-corrected chi connectivity index (χ4v) is 11.6. The molecule has 3 aromatic heterocycles. The molecular formula is C36H27NO2S5. The summed E-state index contributed by atoms with van der Waals surface area (Å²) in [6.07, 6.45) is 0. The third kappa shape index (κ3) is 5.27. The van der Waals surface area contributed by atoms with E-state index in [1.54, 1.807) is 11.3 Å². The predicted octanol–water partition coefficient (Wildman–Crippen LogP) is 11.0.